The van der Waals surface area contributed by atoms with Crippen molar-refractivity contribution in [2.45, 2.75) is 39.9 Å². The van der Waals surface area contributed by atoms with Gasteiger partial charge in [-0.05, 0) is 26.3 Å². The van der Waals surface area contributed by atoms with E-state index < -0.39 is 0 Å². The minimum Gasteiger partial charge on any atom is -0.307 e. The van der Waals surface area contributed by atoms with Gasteiger partial charge in [-0.1, -0.05) is 0 Å². The molecule has 0 fully saturated rings. The van der Waals surface area contributed by atoms with Crippen LogP contribution in [0.5, 0.6) is 0 Å². The molecule has 18 heavy (non-hydrogen) atoms. The van der Waals surface area contributed by atoms with Crippen LogP contribution in [0.1, 0.15) is 23.9 Å². The predicted octanol–water partition coefficient (Wildman–Crippen LogP) is 1.47. The van der Waals surface area contributed by atoms with Crippen molar-refractivity contribution in [2.24, 2.45) is 0 Å². The lowest BCUT2D eigenvalue weighted by Gasteiger charge is -2.13. The molecule has 0 aliphatic carbocycles. The molecule has 5 heteroatoms. The fourth-order valence-corrected chi connectivity index (χ4v) is 1.70. The molecule has 0 saturated carbocycles. The summed E-state index contributed by atoms with van der Waals surface area (Å²) < 4.78 is 1.95. The minimum atomic E-state index is 0.340. The molecule has 1 unspecified atom stereocenters. The molecule has 96 valence electrons. The molecule has 0 aliphatic rings. The zero-order valence-electron chi connectivity index (χ0n) is 11.1. The molecule has 5 nitrogen and oxygen atoms in total. The summed E-state index contributed by atoms with van der Waals surface area (Å²) in [7, 11) is 0. The topological polar surface area (TPSA) is 55.6 Å². The van der Waals surface area contributed by atoms with Gasteiger partial charge in [-0.25, -0.2) is 0 Å². The van der Waals surface area contributed by atoms with Gasteiger partial charge in [-0.2, -0.15) is 5.10 Å². The summed E-state index contributed by atoms with van der Waals surface area (Å²) in [5, 5.41) is 7.68. The fourth-order valence-electron chi connectivity index (χ4n) is 1.70. The van der Waals surface area contributed by atoms with E-state index in [1.165, 1.54) is 5.56 Å². The van der Waals surface area contributed by atoms with Gasteiger partial charge in [-0.15, -0.1) is 0 Å². The van der Waals surface area contributed by atoms with E-state index in [0.717, 1.165) is 24.5 Å². The summed E-state index contributed by atoms with van der Waals surface area (Å²) in [4.78, 5) is 8.54. The van der Waals surface area contributed by atoms with Gasteiger partial charge >= 0.3 is 0 Å². The Hall–Kier alpha value is -1.75. The molecule has 2 rings (SSSR count). The minimum absolute atomic E-state index is 0.340. The van der Waals surface area contributed by atoms with E-state index in [1.54, 1.807) is 6.20 Å². The van der Waals surface area contributed by atoms with Crippen molar-refractivity contribution in [3.05, 3.63) is 41.7 Å². The molecule has 2 heterocycles. The molecule has 1 atom stereocenters. The van der Waals surface area contributed by atoms with E-state index in [2.05, 4.69) is 27.3 Å². The maximum atomic E-state index is 4.31. The van der Waals surface area contributed by atoms with Gasteiger partial charge in [0.2, 0.25) is 0 Å². The number of nitrogens with zero attached hydrogens (tertiary/aromatic N) is 4. The second-order valence-electron chi connectivity index (χ2n) is 4.67. The van der Waals surface area contributed by atoms with Crippen molar-refractivity contribution in [3.63, 3.8) is 0 Å². The second kappa shape index (κ2) is 5.73. The number of aromatic nitrogens is 4. The molecule has 1 N–H and O–H groups in total. The number of nitrogens with one attached hydrogen (secondary N) is 1. The van der Waals surface area contributed by atoms with Gasteiger partial charge in [0.25, 0.3) is 0 Å². The van der Waals surface area contributed by atoms with E-state index in [9.17, 15) is 0 Å². The summed E-state index contributed by atoms with van der Waals surface area (Å²) in [5.74, 6) is 0. The van der Waals surface area contributed by atoms with Crippen LogP contribution in [0.25, 0.3) is 0 Å². The monoisotopic (exact) mass is 245 g/mol. The average Bonchev–Trinajstić information content (AvgIpc) is 2.74. The summed E-state index contributed by atoms with van der Waals surface area (Å²) >= 11 is 0. The quantitative estimate of drug-likeness (QED) is 0.866. The lowest BCUT2D eigenvalue weighted by Crippen LogP contribution is -2.30. The first-order chi connectivity index (χ1) is 8.63. The standard InChI is InChI=1S/C13H19N5/c1-10-4-17-18(8-10)9-12(3)15-7-13-6-14-11(2)5-16-13/h4-6,8,12,15H,7,9H2,1-3H3. The smallest absolute Gasteiger partial charge is 0.0724 e. The van der Waals surface area contributed by atoms with Crippen molar-refractivity contribution in [1.29, 1.82) is 0 Å². The van der Waals surface area contributed by atoms with Gasteiger partial charge in [0.15, 0.2) is 0 Å². The Balaban J connectivity index is 1.81. The van der Waals surface area contributed by atoms with Crippen LogP contribution < -0.4 is 5.32 Å². The Labute approximate surface area is 107 Å². The zero-order valence-corrected chi connectivity index (χ0v) is 11.1. The predicted molar refractivity (Wildman–Crippen MR) is 70.0 cm³/mol. The van der Waals surface area contributed by atoms with Gasteiger partial charge < -0.3 is 5.32 Å². The Morgan fingerprint density at radius 2 is 2.06 bits per heavy atom. The van der Waals surface area contributed by atoms with Crippen LogP contribution >= 0.6 is 0 Å². The van der Waals surface area contributed by atoms with Crippen LogP contribution in [-0.4, -0.2) is 25.8 Å². The Kier molecular flexibility index (Phi) is 4.04. The number of rotatable bonds is 5. The van der Waals surface area contributed by atoms with Crippen LogP contribution in [0.2, 0.25) is 0 Å². The third-order valence-electron chi connectivity index (χ3n) is 2.69. The van der Waals surface area contributed by atoms with Crippen molar-refractivity contribution in [1.82, 2.24) is 25.1 Å². The molecular formula is C13H19N5. The Morgan fingerprint density at radius 3 is 2.67 bits per heavy atom. The molecule has 2 aromatic rings. The number of hydrogen-bond donors (Lipinski definition) is 1. The van der Waals surface area contributed by atoms with E-state index in [0.29, 0.717) is 6.04 Å². The van der Waals surface area contributed by atoms with Crippen LogP contribution in [0.4, 0.5) is 0 Å². The van der Waals surface area contributed by atoms with Crippen LogP contribution in [0.3, 0.4) is 0 Å². The first-order valence-corrected chi connectivity index (χ1v) is 6.13. The molecule has 0 amide bonds. The van der Waals surface area contributed by atoms with Crippen LogP contribution in [0, 0.1) is 13.8 Å². The molecule has 2 aromatic heterocycles. The summed E-state index contributed by atoms with van der Waals surface area (Å²) in [6.45, 7) is 7.71. The van der Waals surface area contributed by atoms with E-state index in [4.69, 9.17) is 0 Å². The highest BCUT2D eigenvalue weighted by atomic mass is 15.3. The molecule has 0 spiro atoms. The zero-order chi connectivity index (χ0) is 13.0. The Bertz CT molecular complexity index is 488. The van der Waals surface area contributed by atoms with Crippen LogP contribution in [-0.2, 0) is 13.1 Å². The molecule has 0 radical (unpaired) electrons. The highest BCUT2D eigenvalue weighted by molar-refractivity contribution is 5.01. The third kappa shape index (κ3) is 3.63. The van der Waals surface area contributed by atoms with E-state index in [-0.39, 0.29) is 0 Å². The normalized spacial score (nSPS) is 12.6. The first kappa shape index (κ1) is 12.7. The summed E-state index contributed by atoms with van der Waals surface area (Å²) in [6.07, 6.45) is 7.52. The maximum Gasteiger partial charge on any atom is 0.0724 e. The SMILES string of the molecule is Cc1cnn(CC(C)NCc2cnc(C)cn2)c1. The lowest BCUT2D eigenvalue weighted by molar-refractivity contribution is 0.448. The van der Waals surface area contributed by atoms with Crippen molar-refractivity contribution >= 4 is 0 Å². The van der Waals surface area contributed by atoms with Gasteiger partial charge in [0.05, 0.1) is 24.1 Å². The van der Waals surface area contributed by atoms with Gasteiger partial charge in [0.1, 0.15) is 0 Å². The highest BCUT2D eigenvalue weighted by Crippen LogP contribution is 1.98. The molecular weight excluding hydrogens is 226 g/mol. The summed E-state index contributed by atoms with van der Waals surface area (Å²) in [5.41, 5.74) is 3.09. The van der Waals surface area contributed by atoms with E-state index >= 15 is 0 Å². The number of hydrogen-bond acceptors (Lipinski definition) is 4. The van der Waals surface area contributed by atoms with Gasteiger partial charge in [-0.3, -0.25) is 14.6 Å². The Morgan fingerprint density at radius 1 is 1.22 bits per heavy atom. The third-order valence-corrected chi connectivity index (χ3v) is 2.69. The molecule has 0 bridgehead atoms. The highest BCUT2D eigenvalue weighted by Gasteiger charge is 2.04. The summed E-state index contributed by atoms with van der Waals surface area (Å²) in [6, 6.07) is 0.340. The second-order valence-corrected chi connectivity index (χ2v) is 4.67. The van der Waals surface area contributed by atoms with Gasteiger partial charge in [0, 0.05) is 31.2 Å². The average molecular weight is 245 g/mol. The lowest BCUT2D eigenvalue weighted by atomic mass is 10.3. The molecule has 0 aliphatic heterocycles. The fraction of sp³-hybridized carbons (Fsp3) is 0.462. The molecule has 0 aromatic carbocycles. The van der Waals surface area contributed by atoms with Crippen molar-refractivity contribution in [2.75, 3.05) is 0 Å². The number of aryl methyl sites for hydroxylation is 2. The van der Waals surface area contributed by atoms with Crippen LogP contribution in [0.15, 0.2) is 24.8 Å². The maximum absolute atomic E-state index is 4.31. The first-order valence-electron chi connectivity index (χ1n) is 6.13. The van der Waals surface area contributed by atoms with Crippen molar-refractivity contribution < 1.29 is 0 Å². The van der Waals surface area contributed by atoms with Crippen molar-refractivity contribution in [3.8, 4) is 0 Å². The van der Waals surface area contributed by atoms with E-state index in [1.807, 2.05) is 37.1 Å². The largest absolute Gasteiger partial charge is 0.307 e. The molecule has 0 saturated heterocycles.